The molecule has 160 valence electrons. The number of halogens is 3. The number of nitrogens with one attached hydrogen (secondary N) is 1. The van der Waals surface area contributed by atoms with Gasteiger partial charge in [0.05, 0.1) is 36.4 Å². The number of alkyl halides is 2. The summed E-state index contributed by atoms with van der Waals surface area (Å²) in [5.41, 5.74) is -0.526. The van der Waals surface area contributed by atoms with Gasteiger partial charge in [-0.25, -0.2) is 13.2 Å². The lowest BCUT2D eigenvalue weighted by Crippen LogP contribution is -2.18. The number of aliphatic carboxylic acids is 1. The van der Waals surface area contributed by atoms with Crippen LogP contribution in [0.5, 0.6) is 6.01 Å². The van der Waals surface area contributed by atoms with Crippen molar-refractivity contribution in [1.29, 1.82) is 0 Å². The second kappa shape index (κ2) is 8.89. The molecule has 0 aliphatic carbocycles. The second-order valence-corrected chi connectivity index (χ2v) is 6.28. The quantitative estimate of drug-likeness (QED) is 0.657. The molecule has 11 heteroatoms. The first-order valence-corrected chi connectivity index (χ1v) is 8.77. The Morgan fingerprint density at radius 3 is 2.53 bits per heavy atom. The summed E-state index contributed by atoms with van der Waals surface area (Å²) in [6.45, 7) is 1.54. The normalized spacial score (nSPS) is 14.3. The fourth-order valence-corrected chi connectivity index (χ4v) is 2.95. The van der Waals surface area contributed by atoms with Gasteiger partial charge in [-0.2, -0.15) is 9.97 Å². The van der Waals surface area contributed by atoms with Crippen molar-refractivity contribution >= 4 is 11.8 Å². The second-order valence-electron chi connectivity index (χ2n) is 6.28. The van der Waals surface area contributed by atoms with E-state index in [1.807, 2.05) is 0 Å². The van der Waals surface area contributed by atoms with Gasteiger partial charge in [-0.1, -0.05) is 18.2 Å². The molecule has 0 amide bonds. The van der Waals surface area contributed by atoms with E-state index in [1.165, 1.54) is 38.7 Å². The number of carboxylic acids is 1. The summed E-state index contributed by atoms with van der Waals surface area (Å²) in [5, 5.41) is 12.1. The van der Waals surface area contributed by atoms with E-state index in [2.05, 4.69) is 15.3 Å². The van der Waals surface area contributed by atoms with E-state index in [-0.39, 0.29) is 28.6 Å². The number of anilines is 1. The number of ether oxygens (including phenoxy) is 3. The summed E-state index contributed by atoms with van der Waals surface area (Å²) in [6, 6.07) is 2.72. The summed E-state index contributed by atoms with van der Waals surface area (Å²) in [6.07, 6.45) is -1.98. The van der Waals surface area contributed by atoms with Crippen LogP contribution in [0.3, 0.4) is 0 Å². The molecule has 0 saturated heterocycles. The zero-order chi connectivity index (χ0) is 21.8. The average Bonchev–Trinajstić information content (AvgIpc) is 3.21. The van der Waals surface area contributed by atoms with Gasteiger partial charge in [0.2, 0.25) is 0 Å². The van der Waals surface area contributed by atoms with E-state index < -0.39 is 42.5 Å². The van der Waals surface area contributed by atoms with Crippen molar-refractivity contribution < 1.29 is 37.3 Å². The first-order chi connectivity index (χ1) is 14.3. The third-order valence-electron chi connectivity index (χ3n) is 4.31. The number of carboxylic acid groups (broad SMARTS) is 1. The highest BCUT2D eigenvalue weighted by Crippen LogP contribution is 2.35. The highest BCUT2D eigenvalue weighted by atomic mass is 19.3. The molecule has 30 heavy (non-hydrogen) atoms. The van der Waals surface area contributed by atoms with Gasteiger partial charge in [-0.3, -0.25) is 4.79 Å². The van der Waals surface area contributed by atoms with Crippen LogP contribution < -0.4 is 10.1 Å². The number of methoxy groups -OCH3 is 1. The van der Waals surface area contributed by atoms with Crippen molar-refractivity contribution in [3.63, 3.8) is 0 Å². The Labute approximate surface area is 169 Å². The Hall–Kier alpha value is -3.50. The molecule has 2 N–H and O–H groups in total. The molecule has 1 aromatic heterocycles. The van der Waals surface area contributed by atoms with Gasteiger partial charge < -0.3 is 24.6 Å². The predicted octanol–water partition coefficient (Wildman–Crippen LogP) is 3.88. The van der Waals surface area contributed by atoms with Gasteiger partial charge in [0.15, 0.2) is 0 Å². The molecule has 0 radical (unpaired) electrons. The van der Waals surface area contributed by atoms with E-state index in [9.17, 15) is 23.1 Å². The molecule has 2 heterocycles. The van der Waals surface area contributed by atoms with Crippen LogP contribution in [0.2, 0.25) is 0 Å². The topological polar surface area (TPSA) is 103 Å². The Bertz CT molecular complexity index is 963. The van der Waals surface area contributed by atoms with E-state index in [4.69, 9.17) is 14.2 Å². The van der Waals surface area contributed by atoms with E-state index in [0.717, 1.165) is 6.07 Å². The smallest absolute Gasteiger partial charge is 0.318 e. The van der Waals surface area contributed by atoms with Crippen LogP contribution >= 0.6 is 0 Å². The Kier molecular flexibility index (Phi) is 6.28. The fourth-order valence-electron chi connectivity index (χ4n) is 2.95. The molecule has 1 aliphatic heterocycles. The summed E-state index contributed by atoms with van der Waals surface area (Å²) in [7, 11) is 1.29. The van der Waals surface area contributed by atoms with Crippen LogP contribution in [0.4, 0.5) is 19.0 Å². The van der Waals surface area contributed by atoms with Gasteiger partial charge in [-0.15, -0.1) is 0 Å². The van der Waals surface area contributed by atoms with Crippen LogP contribution in [0.15, 0.2) is 30.7 Å². The molecule has 2 aromatic rings. The van der Waals surface area contributed by atoms with Crippen molar-refractivity contribution in [1.82, 2.24) is 9.97 Å². The van der Waals surface area contributed by atoms with Crippen molar-refractivity contribution in [3.8, 4) is 6.01 Å². The Balaban J connectivity index is 2.04. The standard InChI is InChI=1S/C19H18F3N3O5/c1-9(10-4-3-5-11(15(10)20)16(21)22)23-17-14(18-29-6-7-30-18)12(8-13(26)27)24-19(25-17)28-2/h3-7,9,16,18H,8H2,1-2H3,(H,26,27)(H,23,24,25)/t9-/m1/s1. The number of hydrogen-bond donors (Lipinski definition) is 2. The fraction of sp³-hybridized carbons (Fsp3) is 0.316. The van der Waals surface area contributed by atoms with Crippen molar-refractivity contribution in [2.45, 2.75) is 32.1 Å². The SMILES string of the molecule is COc1nc(CC(=O)O)c(C2OC=CO2)c(N[C@H](C)c2cccc(C(F)F)c2F)n1. The molecule has 1 aromatic carbocycles. The van der Waals surface area contributed by atoms with Crippen molar-refractivity contribution in [2.75, 3.05) is 12.4 Å². The Morgan fingerprint density at radius 2 is 1.93 bits per heavy atom. The Morgan fingerprint density at radius 1 is 1.27 bits per heavy atom. The van der Waals surface area contributed by atoms with Crippen LogP contribution in [-0.4, -0.2) is 28.2 Å². The molecule has 8 nitrogen and oxygen atoms in total. The molecule has 1 atom stereocenters. The number of benzene rings is 1. The lowest BCUT2D eigenvalue weighted by Gasteiger charge is -2.22. The number of rotatable bonds is 8. The minimum absolute atomic E-state index is 0.0255. The molecule has 0 fully saturated rings. The van der Waals surface area contributed by atoms with Crippen LogP contribution in [0, 0.1) is 5.82 Å². The molecular weight excluding hydrogens is 407 g/mol. The number of nitrogens with zero attached hydrogens (tertiary/aromatic N) is 2. The lowest BCUT2D eigenvalue weighted by molar-refractivity contribution is -0.136. The minimum atomic E-state index is -2.97. The molecule has 1 aliphatic rings. The zero-order valence-electron chi connectivity index (χ0n) is 15.9. The van der Waals surface area contributed by atoms with Crippen LogP contribution in [0.25, 0.3) is 0 Å². The predicted molar refractivity (Wildman–Crippen MR) is 97.4 cm³/mol. The maximum atomic E-state index is 14.6. The molecule has 0 spiro atoms. The first-order valence-electron chi connectivity index (χ1n) is 8.77. The first kappa shape index (κ1) is 21.2. The number of carbonyl (C=O) groups is 1. The largest absolute Gasteiger partial charge is 0.481 e. The average molecular weight is 425 g/mol. The van der Waals surface area contributed by atoms with E-state index in [1.54, 1.807) is 0 Å². The third kappa shape index (κ3) is 4.39. The molecule has 0 unspecified atom stereocenters. The van der Waals surface area contributed by atoms with E-state index >= 15 is 0 Å². The molecular formula is C19H18F3N3O5. The third-order valence-corrected chi connectivity index (χ3v) is 4.31. The van der Waals surface area contributed by atoms with Gasteiger partial charge in [0, 0.05) is 5.56 Å². The highest BCUT2D eigenvalue weighted by Gasteiger charge is 2.29. The molecule has 0 saturated carbocycles. The van der Waals surface area contributed by atoms with E-state index in [0.29, 0.717) is 0 Å². The van der Waals surface area contributed by atoms with Gasteiger partial charge >= 0.3 is 12.0 Å². The summed E-state index contributed by atoms with van der Waals surface area (Å²) in [4.78, 5) is 19.5. The van der Waals surface area contributed by atoms with Gasteiger partial charge in [0.1, 0.15) is 24.2 Å². The molecule has 0 bridgehead atoms. The maximum absolute atomic E-state index is 14.6. The van der Waals surface area contributed by atoms with Gasteiger partial charge in [0.25, 0.3) is 12.7 Å². The zero-order valence-corrected chi connectivity index (χ0v) is 15.9. The lowest BCUT2D eigenvalue weighted by atomic mass is 10.0. The number of aromatic nitrogens is 2. The van der Waals surface area contributed by atoms with Crippen molar-refractivity contribution in [3.05, 3.63) is 58.9 Å². The van der Waals surface area contributed by atoms with Crippen LogP contribution in [0.1, 0.15) is 48.1 Å². The highest BCUT2D eigenvalue weighted by molar-refractivity contribution is 5.71. The maximum Gasteiger partial charge on any atom is 0.318 e. The monoisotopic (exact) mass is 425 g/mol. The summed E-state index contributed by atoms with van der Waals surface area (Å²) in [5.74, 6) is -2.16. The summed E-state index contributed by atoms with van der Waals surface area (Å²) >= 11 is 0. The number of hydrogen-bond acceptors (Lipinski definition) is 7. The van der Waals surface area contributed by atoms with Crippen molar-refractivity contribution in [2.24, 2.45) is 0 Å². The molecule has 3 rings (SSSR count). The van der Waals surface area contributed by atoms with Crippen LogP contribution in [-0.2, 0) is 20.7 Å². The minimum Gasteiger partial charge on any atom is -0.481 e. The van der Waals surface area contributed by atoms with Gasteiger partial charge in [-0.05, 0) is 6.92 Å². The summed E-state index contributed by atoms with van der Waals surface area (Å²) < 4.78 is 56.3.